The fraction of sp³-hybridized carbons (Fsp3) is 0.476. The molecule has 0 saturated carbocycles. The Hall–Kier alpha value is -1.94. The Kier molecular flexibility index (Phi) is 6.37. The number of rotatable bonds is 3. The van der Waals surface area contributed by atoms with E-state index in [4.69, 9.17) is 26.6 Å². The Balaban J connectivity index is 0.00000245. The van der Waals surface area contributed by atoms with Gasteiger partial charge in [0, 0.05) is 31.7 Å². The minimum Gasteiger partial charge on any atom is -0.352 e. The molecule has 172 valence electrons. The number of benzene rings is 1. The lowest BCUT2D eigenvalue weighted by Gasteiger charge is -2.33. The highest BCUT2D eigenvalue weighted by atomic mass is 35.5. The zero-order chi connectivity index (χ0) is 21.8. The predicted octanol–water partition coefficient (Wildman–Crippen LogP) is 2.99. The number of hydrogen-bond acceptors (Lipinski definition) is 7. The molecule has 1 aromatic carbocycles. The number of piperazine rings is 1. The lowest BCUT2D eigenvalue weighted by Crippen LogP contribution is -2.45. The number of nitrogens with zero attached hydrogens (tertiary/aromatic N) is 6. The van der Waals surface area contributed by atoms with Crippen LogP contribution in [0.4, 0.5) is 5.82 Å². The van der Waals surface area contributed by atoms with E-state index in [-0.39, 0.29) is 30.0 Å². The SMILES string of the molecule is Cc1nc(N2CCN(C)CC2)c2nc(-c3ccccc3Cl)n(C3CCS(=O)(=O)C3)c2n1.Cl. The topological polar surface area (TPSA) is 84.2 Å². The number of anilines is 1. The number of halogens is 2. The highest BCUT2D eigenvalue weighted by Crippen LogP contribution is 2.37. The van der Waals surface area contributed by atoms with Crippen LogP contribution in [0.3, 0.4) is 0 Å². The number of aryl methyl sites for hydroxylation is 1. The molecule has 3 aromatic rings. The van der Waals surface area contributed by atoms with Crippen LogP contribution in [0.25, 0.3) is 22.6 Å². The van der Waals surface area contributed by atoms with Crippen molar-refractivity contribution >= 4 is 50.8 Å². The number of hydrogen-bond donors (Lipinski definition) is 0. The molecule has 32 heavy (non-hydrogen) atoms. The van der Waals surface area contributed by atoms with Gasteiger partial charge in [-0.05, 0) is 32.5 Å². The summed E-state index contributed by atoms with van der Waals surface area (Å²) in [7, 11) is -0.973. The van der Waals surface area contributed by atoms with E-state index < -0.39 is 9.84 Å². The molecule has 0 radical (unpaired) electrons. The molecule has 0 aliphatic carbocycles. The van der Waals surface area contributed by atoms with E-state index in [9.17, 15) is 8.42 Å². The molecule has 1 atom stereocenters. The fourth-order valence-corrected chi connectivity index (χ4v) is 6.38. The van der Waals surface area contributed by atoms with Crippen molar-refractivity contribution in [2.24, 2.45) is 0 Å². The van der Waals surface area contributed by atoms with Crippen molar-refractivity contribution in [2.45, 2.75) is 19.4 Å². The van der Waals surface area contributed by atoms with Crippen molar-refractivity contribution in [1.82, 2.24) is 24.4 Å². The molecule has 4 heterocycles. The Bertz CT molecular complexity index is 1250. The van der Waals surface area contributed by atoms with Gasteiger partial charge in [0.25, 0.3) is 0 Å². The van der Waals surface area contributed by atoms with Gasteiger partial charge < -0.3 is 14.4 Å². The zero-order valence-corrected chi connectivity index (χ0v) is 20.4. The Morgan fingerprint density at radius 3 is 2.44 bits per heavy atom. The van der Waals surface area contributed by atoms with Crippen molar-refractivity contribution in [3.63, 3.8) is 0 Å². The molecule has 0 spiro atoms. The summed E-state index contributed by atoms with van der Waals surface area (Å²) in [6.07, 6.45) is 0.540. The van der Waals surface area contributed by atoms with Crippen LogP contribution < -0.4 is 4.90 Å². The van der Waals surface area contributed by atoms with E-state index >= 15 is 0 Å². The smallest absolute Gasteiger partial charge is 0.166 e. The van der Waals surface area contributed by atoms with E-state index in [1.807, 2.05) is 35.8 Å². The van der Waals surface area contributed by atoms with E-state index in [0.717, 1.165) is 37.6 Å². The summed E-state index contributed by atoms with van der Waals surface area (Å²) < 4.78 is 26.6. The highest BCUT2D eigenvalue weighted by molar-refractivity contribution is 7.91. The van der Waals surface area contributed by atoms with E-state index in [1.165, 1.54) is 0 Å². The largest absolute Gasteiger partial charge is 0.352 e. The van der Waals surface area contributed by atoms with Crippen molar-refractivity contribution in [3.8, 4) is 11.4 Å². The molecule has 8 nitrogen and oxygen atoms in total. The molecule has 2 aromatic heterocycles. The van der Waals surface area contributed by atoms with Crippen LogP contribution in [0, 0.1) is 6.92 Å². The van der Waals surface area contributed by atoms with Gasteiger partial charge in [-0.25, -0.2) is 23.4 Å². The molecule has 0 amide bonds. The van der Waals surface area contributed by atoms with Gasteiger partial charge in [-0.3, -0.25) is 0 Å². The zero-order valence-electron chi connectivity index (χ0n) is 18.0. The molecule has 2 aliphatic rings. The van der Waals surface area contributed by atoms with Crippen LogP contribution in [-0.2, 0) is 9.84 Å². The summed E-state index contributed by atoms with van der Waals surface area (Å²) in [4.78, 5) is 19.0. The monoisotopic (exact) mass is 496 g/mol. The first-order chi connectivity index (χ1) is 14.8. The van der Waals surface area contributed by atoms with Gasteiger partial charge in [-0.1, -0.05) is 23.7 Å². The maximum Gasteiger partial charge on any atom is 0.166 e. The van der Waals surface area contributed by atoms with Gasteiger partial charge in [0.1, 0.15) is 11.6 Å². The number of likely N-dealkylation sites (N-methyl/N-ethyl adjacent to an activating group) is 1. The first kappa shape index (κ1) is 23.2. The van der Waals surface area contributed by atoms with Crippen molar-refractivity contribution < 1.29 is 8.42 Å². The van der Waals surface area contributed by atoms with E-state index in [2.05, 4.69) is 16.8 Å². The van der Waals surface area contributed by atoms with Gasteiger partial charge in [0.15, 0.2) is 26.8 Å². The minimum atomic E-state index is -3.09. The Morgan fingerprint density at radius 2 is 1.78 bits per heavy atom. The molecular formula is C21H26Cl2N6O2S. The number of fused-ring (bicyclic) bond motifs is 1. The highest BCUT2D eigenvalue weighted by Gasteiger charge is 2.34. The van der Waals surface area contributed by atoms with Gasteiger partial charge in [-0.15, -0.1) is 12.4 Å². The lowest BCUT2D eigenvalue weighted by atomic mass is 10.2. The molecule has 5 rings (SSSR count). The molecule has 11 heteroatoms. The summed E-state index contributed by atoms with van der Waals surface area (Å²) in [5.74, 6) is 2.37. The Morgan fingerprint density at radius 1 is 1.06 bits per heavy atom. The number of aromatic nitrogens is 4. The summed E-state index contributed by atoms with van der Waals surface area (Å²) in [6.45, 7) is 5.48. The third-order valence-electron chi connectivity index (χ3n) is 6.12. The second-order valence-electron chi connectivity index (χ2n) is 8.40. The first-order valence-corrected chi connectivity index (χ1v) is 12.7. The van der Waals surface area contributed by atoms with Crippen LogP contribution in [0.15, 0.2) is 24.3 Å². The predicted molar refractivity (Wildman–Crippen MR) is 130 cm³/mol. The van der Waals surface area contributed by atoms with Crippen LogP contribution in [0.5, 0.6) is 0 Å². The summed E-state index contributed by atoms with van der Waals surface area (Å²) in [5, 5.41) is 0.575. The normalized spacial score (nSPS) is 21.1. The fourth-order valence-electron chi connectivity index (χ4n) is 4.46. The minimum absolute atomic E-state index is 0. The van der Waals surface area contributed by atoms with Crippen molar-refractivity contribution in [3.05, 3.63) is 35.1 Å². The van der Waals surface area contributed by atoms with Gasteiger partial charge in [0.2, 0.25) is 0 Å². The van der Waals surface area contributed by atoms with Gasteiger partial charge >= 0.3 is 0 Å². The average molecular weight is 497 g/mol. The van der Waals surface area contributed by atoms with Crippen LogP contribution in [0.2, 0.25) is 5.02 Å². The molecule has 2 fully saturated rings. The summed E-state index contributed by atoms with van der Waals surface area (Å²) >= 11 is 6.53. The maximum atomic E-state index is 12.3. The van der Waals surface area contributed by atoms with Crippen LogP contribution in [-0.4, -0.2) is 77.6 Å². The quantitative estimate of drug-likeness (QED) is 0.550. The van der Waals surface area contributed by atoms with Gasteiger partial charge in [-0.2, -0.15) is 0 Å². The summed E-state index contributed by atoms with van der Waals surface area (Å²) in [6, 6.07) is 7.30. The Labute approximate surface area is 198 Å². The molecule has 2 aliphatic heterocycles. The molecule has 0 bridgehead atoms. The van der Waals surface area contributed by atoms with Crippen LogP contribution in [0.1, 0.15) is 18.3 Å². The second-order valence-corrected chi connectivity index (χ2v) is 11.0. The third kappa shape index (κ3) is 4.19. The summed E-state index contributed by atoms with van der Waals surface area (Å²) in [5.41, 5.74) is 2.15. The van der Waals surface area contributed by atoms with E-state index in [1.54, 1.807) is 0 Å². The lowest BCUT2D eigenvalue weighted by molar-refractivity contribution is 0.312. The van der Waals surface area contributed by atoms with E-state index in [0.29, 0.717) is 34.3 Å². The van der Waals surface area contributed by atoms with Crippen LogP contribution >= 0.6 is 24.0 Å². The number of sulfone groups is 1. The molecular weight excluding hydrogens is 471 g/mol. The first-order valence-electron chi connectivity index (χ1n) is 10.5. The standard InChI is InChI=1S/C21H25ClN6O2S.ClH/c1-14-23-20(27-10-8-26(2)9-11-27)18-21(24-14)28(15-7-12-31(29,30)13-15)19(25-18)16-5-3-4-6-17(16)22;/h3-6,15H,7-13H2,1-2H3;1H. The van der Waals surface area contributed by atoms with Gasteiger partial charge in [0.05, 0.1) is 22.6 Å². The molecule has 2 saturated heterocycles. The molecule has 0 N–H and O–H groups in total. The third-order valence-corrected chi connectivity index (χ3v) is 8.20. The second kappa shape index (κ2) is 8.78. The maximum absolute atomic E-state index is 12.3. The molecule has 1 unspecified atom stereocenters. The average Bonchev–Trinajstić information content (AvgIpc) is 3.28. The number of imidazole rings is 1. The van der Waals surface area contributed by atoms with Crippen molar-refractivity contribution in [1.29, 1.82) is 0 Å². The van der Waals surface area contributed by atoms with Crippen molar-refractivity contribution in [2.75, 3.05) is 49.6 Å².